The summed E-state index contributed by atoms with van der Waals surface area (Å²) in [6, 6.07) is 21.0. The highest BCUT2D eigenvalue weighted by atomic mass is 14.1. The first kappa shape index (κ1) is 13.4. The summed E-state index contributed by atoms with van der Waals surface area (Å²) in [5.41, 5.74) is 6.51. The van der Waals surface area contributed by atoms with Gasteiger partial charge in [-0.3, -0.25) is 0 Å². The summed E-state index contributed by atoms with van der Waals surface area (Å²) in [4.78, 5) is 0. The predicted molar refractivity (Wildman–Crippen MR) is 84.8 cm³/mol. The molecule has 0 heteroatoms. The Balaban J connectivity index is 2.43. The standard InChI is InChI=1S/C19H20/c1-15(2)19(18-12-8-5-9-13-18)16(3)14-17-10-6-4-7-11-17/h4-14H,1-3H3. The van der Waals surface area contributed by atoms with Gasteiger partial charge in [-0.25, -0.2) is 0 Å². The van der Waals surface area contributed by atoms with Gasteiger partial charge in [-0.15, -0.1) is 0 Å². The van der Waals surface area contributed by atoms with Crippen molar-refractivity contribution in [1.82, 2.24) is 0 Å². The fourth-order valence-corrected chi connectivity index (χ4v) is 2.39. The third-order valence-electron chi connectivity index (χ3n) is 3.14. The van der Waals surface area contributed by atoms with Gasteiger partial charge in [0.05, 0.1) is 0 Å². The van der Waals surface area contributed by atoms with Crippen LogP contribution < -0.4 is 0 Å². The van der Waals surface area contributed by atoms with Gasteiger partial charge in [0.1, 0.15) is 0 Å². The van der Waals surface area contributed by atoms with Crippen molar-refractivity contribution >= 4 is 11.6 Å². The van der Waals surface area contributed by atoms with Crippen LogP contribution >= 0.6 is 0 Å². The largest absolute Gasteiger partial charge is 0.0683 e. The van der Waals surface area contributed by atoms with Gasteiger partial charge < -0.3 is 0 Å². The first-order valence-electron chi connectivity index (χ1n) is 6.65. The van der Waals surface area contributed by atoms with Crippen LogP contribution in [0.1, 0.15) is 31.9 Å². The van der Waals surface area contributed by atoms with Gasteiger partial charge in [0.25, 0.3) is 0 Å². The molecule has 0 saturated heterocycles. The monoisotopic (exact) mass is 248 g/mol. The third kappa shape index (κ3) is 3.45. The lowest BCUT2D eigenvalue weighted by Gasteiger charge is -2.11. The van der Waals surface area contributed by atoms with Crippen molar-refractivity contribution in [2.45, 2.75) is 20.8 Å². The van der Waals surface area contributed by atoms with Crippen molar-refractivity contribution in [3.8, 4) is 0 Å². The van der Waals surface area contributed by atoms with Gasteiger partial charge in [-0.1, -0.05) is 72.3 Å². The van der Waals surface area contributed by atoms with Crippen molar-refractivity contribution < 1.29 is 0 Å². The molecule has 2 aromatic rings. The van der Waals surface area contributed by atoms with E-state index >= 15 is 0 Å². The normalized spacial score (nSPS) is 11.2. The number of allylic oxidation sites excluding steroid dienone is 3. The molecule has 0 aliphatic heterocycles. The van der Waals surface area contributed by atoms with Crippen LogP contribution in [0.2, 0.25) is 0 Å². The van der Waals surface area contributed by atoms with Crippen molar-refractivity contribution in [2.75, 3.05) is 0 Å². The minimum absolute atomic E-state index is 1.25. The van der Waals surface area contributed by atoms with Crippen molar-refractivity contribution in [1.29, 1.82) is 0 Å². The first-order valence-corrected chi connectivity index (χ1v) is 6.65. The highest BCUT2D eigenvalue weighted by Gasteiger charge is 2.05. The van der Waals surface area contributed by atoms with Crippen LogP contribution in [0.4, 0.5) is 0 Å². The smallest absolute Gasteiger partial charge is 0.0168 e. The SMILES string of the molecule is CC(=Cc1ccccc1)C(=C(C)C)c1ccccc1. The van der Waals surface area contributed by atoms with E-state index in [-0.39, 0.29) is 0 Å². The average Bonchev–Trinajstić information content (AvgIpc) is 2.40. The molecule has 0 heterocycles. The Bertz CT molecular complexity index is 582. The molecule has 19 heavy (non-hydrogen) atoms. The fraction of sp³-hybridized carbons (Fsp3) is 0.158. The highest BCUT2D eigenvalue weighted by Crippen LogP contribution is 2.27. The Morgan fingerprint density at radius 3 is 1.79 bits per heavy atom. The quantitative estimate of drug-likeness (QED) is 0.622. The number of rotatable bonds is 3. The number of benzene rings is 2. The summed E-state index contributed by atoms with van der Waals surface area (Å²) in [5, 5.41) is 0. The molecule has 0 nitrogen and oxygen atoms in total. The molecule has 0 unspecified atom stereocenters. The summed E-state index contributed by atoms with van der Waals surface area (Å²) < 4.78 is 0. The number of hydrogen-bond acceptors (Lipinski definition) is 0. The molecule has 0 radical (unpaired) electrons. The van der Waals surface area contributed by atoms with E-state index in [2.05, 4.69) is 81.4 Å². The zero-order chi connectivity index (χ0) is 13.7. The van der Waals surface area contributed by atoms with Crippen LogP contribution in [0.25, 0.3) is 11.6 Å². The zero-order valence-corrected chi connectivity index (χ0v) is 11.9. The molecular weight excluding hydrogens is 228 g/mol. The maximum Gasteiger partial charge on any atom is -0.0168 e. The van der Waals surface area contributed by atoms with E-state index in [9.17, 15) is 0 Å². The van der Waals surface area contributed by atoms with Crippen LogP contribution in [-0.2, 0) is 0 Å². The molecular formula is C19H20. The van der Waals surface area contributed by atoms with Crippen LogP contribution in [0.3, 0.4) is 0 Å². The maximum absolute atomic E-state index is 2.25. The van der Waals surface area contributed by atoms with E-state index in [1.807, 2.05) is 6.07 Å². The lowest BCUT2D eigenvalue weighted by atomic mass is 9.93. The minimum atomic E-state index is 1.25. The fourth-order valence-electron chi connectivity index (χ4n) is 2.39. The Hall–Kier alpha value is -2.08. The van der Waals surface area contributed by atoms with E-state index in [0.29, 0.717) is 0 Å². The van der Waals surface area contributed by atoms with Crippen molar-refractivity contribution in [3.63, 3.8) is 0 Å². The lowest BCUT2D eigenvalue weighted by molar-refractivity contribution is 1.36. The van der Waals surface area contributed by atoms with Crippen LogP contribution in [0, 0.1) is 0 Å². The molecule has 0 aliphatic rings. The molecule has 0 saturated carbocycles. The summed E-state index contributed by atoms with van der Waals surface area (Å²) in [7, 11) is 0. The maximum atomic E-state index is 2.25. The second kappa shape index (κ2) is 6.19. The molecule has 0 spiro atoms. The summed E-state index contributed by atoms with van der Waals surface area (Å²) in [6.07, 6.45) is 2.25. The Morgan fingerprint density at radius 2 is 1.26 bits per heavy atom. The topological polar surface area (TPSA) is 0 Å². The molecule has 0 bridgehead atoms. The van der Waals surface area contributed by atoms with Gasteiger partial charge in [0.15, 0.2) is 0 Å². The predicted octanol–water partition coefficient (Wildman–Crippen LogP) is 5.58. The average molecular weight is 248 g/mol. The molecule has 0 atom stereocenters. The van der Waals surface area contributed by atoms with Gasteiger partial charge in [0.2, 0.25) is 0 Å². The van der Waals surface area contributed by atoms with Crippen LogP contribution in [0.5, 0.6) is 0 Å². The molecule has 2 rings (SSSR count). The molecule has 0 amide bonds. The lowest BCUT2D eigenvalue weighted by Crippen LogP contribution is -1.89. The van der Waals surface area contributed by atoms with E-state index in [4.69, 9.17) is 0 Å². The second-order valence-electron chi connectivity index (χ2n) is 4.98. The van der Waals surface area contributed by atoms with Gasteiger partial charge in [0, 0.05) is 0 Å². The Kier molecular flexibility index (Phi) is 4.35. The Morgan fingerprint density at radius 1 is 0.737 bits per heavy atom. The second-order valence-corrected chi connectivity index (χ2v) is 4.98. The molecule has 96 valence electrons. The van der Waals surface area contributed by atoms with E-state index in [1.165, 1.54) is 27.8 Å². The van der Waals surface area contributed by atoms with E-state index < -0.39 is 0 Å². The molecule has 0 aliphatic carbocycles. The summed E-state index contributed by atoms with van der Waals surface area (Å²) >= 11 is 0. The molecule has 2 aromatic carbocycles. The highest BCUT2D eigenvalue weighted by molar-refractivity contribution is 5.85. The summed E-state index contributed by atoms with van der Waals surface area (Å²) in [5.74, 6) is 0. The molecule has 0 fully saturated rings. The van der Waals surface area contributed by atoms with Crippen LogP contribution in [-0.4, -0.2) is 0 Å². The van der Waals surface area contributed by atoms with E-state index in [0.717, 1.165) is 0 Å². The van der Waals surface area contributed by atoms with Crippen molar-refractivity contribution in [2.24, 2.45) is 0 Å². The summed E-state index contributed by atoms with van der Waals surface area (Å²) in [6.45, 7) is 6.53. The molecule has 0 aromatic heterocycles. The minimum Gasteiger partial charge on any atom is -0.0683 e. The number of hydrogen-bond donors (Lipinski definition) is 0. The van der Waals surface area contributed by atoms with Gasteiger partial charge >= 0.3 is 0 Å². The third-order valence-corrected chi connectivity index (χ3v) is 3.14. The molecule has 0 N–H and O–H groups in total. The van der Waals surface area contributed by atoms with Crippen LogP contribution in [0.15, 0.2) is 71.8 Å². The zero-order valence-electron chi connectivity index (χ0n) is 11.9. The van der Waals surface area contributed by atoms with E-state index in [1.54, 1.807) is 0 Å². The first-order chi connectivity index (χ1) is 9.18. The van der Waals surface area contributed by atoms with Crippen molar-refractivity contribution in [3.05, 3.63) is 82.9 Å². The van der Waals surface area contributed by atoms with Gasteiger partial charge in [-0.2, -0.15) is 0 Å². The van der Waals surface area contributed by atoms with Gasteiger partial charge in [-0.05, 0) is 43.0 Å². The Labute approximate surface area is 116 Å².